The molecular weight excluding hydrogens is 246 g/mol. The van der Waals surface area contributed by atoms with Gasteiger partial charge in [0.25, 0.3) is 0 Å². The lowest BCUT2D eigenvalue weighted by atomic mass is 9.83. The molecule has 0 aliphatic carbocycles. The Morgan fingerprint density at radius 2 is 1.40 bits per heavy atom. The third-order valence-electron chi connectivity index (χ3n) is 3.53. The second kappa shape index (κ2) is 7.22. The van der Waals surface area contributed by atoms with E-state index in [1.165, 1.54) is 11.1 Å². The third-order valence-corrected chi connectivity index (χ3v) is 3.53. The summed E-state index contributed by atoms with van der Waals surface area (Å²) < 4.78 is 6.31. The van der Waals surface area contributed by atoms with E-state index >= 15 is 0 Å². The van der Waals surface area contributed by atoms with Gasteiger partial charge in [-0.1, -0.05) is 67.6 Å². The van der Waals surface area contributed by atoms with Gasteiger partial charge in [-0.2, -0.15) is 0 Å². The van der Waals surface area contributed by atoms with Gasteiger partial charge in [0.15, 0.2) is 0 Å². The summed E-state index contributed by atoms with van der Waals surface area (Å²) in [5.74, 6) is 0. The highest BCUT2D eigenvalue weighted by Crippen LogP contribution is 2.36. The highest BCUT2D eigenvalue weighted by atomic mass is 16.5. The van der Waals surface area contributed by atoms with Crippen LogP contribution in [0.1, 0.15) is 30.9 Å². The number of benzene rings is 2. The lowest BCUT2D eigenvalue weighted by molar-refractivity contribution is -0.0228. The summed E-state index contributed by atoms with van der Waals surface area (Å²) in [5, 5.41) is 0. The van der Waals surface area contributed by atoms with Crippen molar-refractivity contribution in [3.8, 4) is 0 Å². The lowest BCUT2D eigenvalue weighted by Gasteiger charge is -2.35. The highest BCUT2D eigenvalue weighted by molar-refractivity contribution is 5.36. The van der Waals surface area contributed by atoms with Crippen LogP contribution in [0.3, 0.4) is 0 Å². The summed E-state index contributed by atoms with van der Waals surface area (Å²) in [6.45, 7) is 3.44. The van der Waals surface area contributed by atoms with Crippen molar-refractivity contribution in [2.75, 3.05) is 13.2 Å². The standard InChI is InChI=1S/C18H23NO/c1-2-15-20-18(13-14-19,16-9-5-3-6-10-16)17-11-7-4-8-12-17/h3-12H,2,13-15,19H2,1H3. The van der Waals surface area contributed by atoms with Crippen LogP contribution in [0, 0.1) is 0 Å². The summed E-state index contributed by atoms with van der Waals surface area (Å²) >= 11 is 0. The van der Waals surface area contributed by atoms with E-state index in [2.05, 4.69) is 55.5 Å². The van der Waals surface area contributed by atoms with Gasteiger partial charge in [-0.15, -0.1) is 0 Å². The summed E-state index contributed by atoms with van der Waals surface area (Å²) in [6, 6.07) is 20.8. The molecule has 0 saturated heterocycles. The second-order valence-corrected chi connectivity index (χ2v) is 4.95. The van der Waals surface area contributed by atoms with Crippen molar-refractivity contribution >= 4 is 0 Å². The molecule has 0 saturated carbocycles. The zero-order valence-corrected chi connectivity index (χ0v) is 12.1. The third kappa shape index (κ3) is 3.09. The molecule has 20 heavy (non-hydrogen) atoms. The Balaban J connectivity index is 2.50. The van der Waals surface area contributed by atoms with Crippen molar-refractivity contribution in [3.05, 3.63) is 71.8 Å². The predicted octanol–water partition coefficient (Wildman–Crippen LogP) is 3.71. The highest BCUT2D eigenvalue weighted by Gasteiger charge is 2.34. The number of rotatable bonds is 7. The van der Waals surface area contributed by atoms with Crippen LogP contribution < -0.4 is 5.73 Å². The van der Waals surface area contributed by atoms with Crippen LogP contribution in [0.2, 0.25) is 0 Å². The van der Waals surface area contributed by atoms with Gasteiger partial charge in [-0.3, -0.25) is 0 Å². The largest absolute Gasteiger partial charge is 0.366 e. The molecule has 2 aromatic rings. The Hall–Kier alpha value is -1.64. The van der Waals surface area contributed by atoms with Crippen LogP contribution >= 0.6 is 0 Å². The van der Waals surface area contributed by atoms with Gasteiger partial charge in [-0.25, -0.2) is 0 Å². The molecule has 0 spiro atoms. The Labute approximate surface area is 121 Å². The first-order chi connectivity index (χ1) is 9.83. The molecule has 2 aromatic carbocycles. The molecule has 0 aliphatic heterocycles. The van der Waals surface area contributed by atoms with E-state index in [0.29, 0.717) is 6.54 Å². The first-order valence-electron chi connectivity index (χ1n) is 7.28. The maximum absolute atomic E-state index is 6.31. The molecule has 0 radical (unpaired) electrons. The molecule has 0 aromatic heterocycles. The number of hydrogen-bond donors (Lipinski definition) is 1. The van der Waals surface area contributed by atoms with E-state index in [9.17, 15) is 0 Å². The molecule has 2 nitrogen and oxygen atoms in total. The molecule has 0 aliphatic rings. The fourth-order valence-corrected chi connectivity index (χ4v) is 2.59. The number of nitrogens with two attached hydrogens (primary N) is 1. The van der Waals surface area contributed by atoms with Crippen molar-refractivity contribution in [2.24, 2.45) is 5.73 Å². The summed E-state index contributed by atoms with van der Waals surface area (Å²) in [6.07, 6.45) is 1.77. The van der Waals surface area contributed by atoms with Gasteiger partial charge in [0.05, 0.1) is 0 Å². The average molecular weight is 269 g/mol. The minimum absolute atomic E-state index is 0.437. The van der Waals surface area contributed by atoms with Crippen molar-refractivity contribution in [1.82, 2.24) is 0 Å². The summed E-state index contributed by atoms with van der Waals surface area (Å²) in [5.41, 5.74) is 7.79. The summed E-state index contributed by atoms with van der Waals surface area (Å²) in [4.78, 5) is 0. The fourth-order valence-electron chi connectivity index (χ4n) is 2.59. The SMILES string of the molecule is CCCOC(CCN)(c1ccccc1)c1ccccc1. The fraction of sp³-hybridized carbons (Fsp3) is 0.333. The molecule has 0 amide bonds. The molecule has 0 heterocycles. The van der Waals surface area contributed by atoms with Crippen LogP contribution in [0.25, 0.3) is 0 Å². The molecule has 0 bridgehead atoms. The van der Waals surface area contributed by atoms with E-state index in [-0.39, 0.29) is 0 Å². The van der Waals surface area contributed by atoms with Gasteiger partial charge in [0.2, 0.25) is 0 Å². The first kappa shape index (κ1) is 14.8. The van der Waals surface area contributed by atoms with Crippen LogP contribution in [0.4, 0.5) is 0 Å². The molecule has 106 valence electrons. The zero-order chi connectivity index (χ0) is 14.3. The Bertz CT molecular complexity index is 456. The Kier molecular flexibility index (Phi) is 5.33. The minimum Gasteiger partial charge on any atom is -0.366 e. The maximum Gasteiger partial charge on any atom is 0.119 e. The van der Waals surface area contributed by atoms with Gasteiger partial charge in [0, 0.05) is 6.61 Å². The molecular formula is C18H23NO. The Morgan fingerprint density at radius 3 is 1.80 bits per heavy atom. The van der Waals surface area contributed by atoms with Crippen molar-refractivity contribution in [1.29, 1.82) is 0 Å². The Morgan fingerprint density at radius 1 is 0.900 bits per heavy atom. The molecule has 0 atom stereocenters. The average Bonchev–Trinajstić information content (AvgIpc) is 2.53. The smallest absolute Gasteiger partial charge is 0.119 e. The zero-order valence-electron chi connectivity index (χ0n) is 12.1. The maximum atomic E-state index is 6.31. The van der Waals surface area contributed by atoms with Crippen molar-refractivity contribution in [3.63, 3.8) is 0 Å². The topological polar surface area (TPSA) is 35.2 Å². The predicted molar refractivity (Wildman–Crippen MR) is 83.6 cm³/mol. The number of ether oxygens (including phenoxy) is 1. The van der Waals surface area contributed by atoms with Gasteiger partial charge >= 0.3 is 0 Å². The summed E-state index contributed by atoms with van der Waals surface area (Å²) in [7, 11) is 0. The van der Waals surface area contributed by atoms with Gasteiger partial charge in [-0.05, 0) is 30.5 Å². The van der Waals surface area contributed by atoms with E-state index < -0.39 is 5.60 Å². The molecule has 0 unspecified atom stereocenters. The van der Waals surface area contributed by atoms with Crippen LogP contribution in [-0.2, 0) is 10.3 Å². The molecule has 2 rings (SSSR count). The van der Waals surface area contributed by atoms with Crippen LogP contribution in [0.5, 0.6) is 0 Å². The normalized spacial score (nSPS) is 11.5. The molecule has 2 N–H and O–H groups in total. The van der Waals surface area contributed by atoms with E-state index in [4.69, 9.17) is 10.5 Å². The van der Waals surface area contributed by atoms with Crippen LogP contribution in [-0.4, -0.2) is 13.2 Å². The lowest BCUT2D eigenvalue weighted by Crippen LogP contribution is -2.34. The van der Waals surface area contributed by atoms with E-state index in [1.807, 2.05) is 12.1 Å². The minimum atomic E-state index is -0.437. The number of hydrogen-bond acceptors (Lipinski definition) is 2. The van der Waals surface area contributed by atoms with Gasteiger partial charge < -0.3 is 10.5 Å². The van der Waals surface area contributed by atoms with Crippen molar-refractivity contribution < 1.29 is 4.74 Å². The molecule has 2 heteroatoms. The van der Waals surface area contributed by atoms with E-state index in [1.54, 1.807) is 0 Å². The van der Waals surface area contributed by atoms with Crippen molar-refractivity contribution in [2.45, 2.75) is 25.4 Å². The quantitative estimate of drug-likeness (QED) is 0.831. The van der Waals surface area contributed by atoms with Gasteiger partial charge in [0.1, 0.15) is 5.60 Å². The molecule has 0 fully saturated rings. The monoisotopic (exact) mass is 269 g/mol. The second-order valence-electron chi connectivity index (χ2n) is 4.95. The van der Waals surface area contributed by atoms with Crippen LogP contribution in [0.15, 0.2) is 60.7 Å². The first-order valence-corrected chi connectivity index (χ1v) is 7.28. The van der Waals surface area contributed by atoms with E-state index in [0.717, 1.165) is 19.4 Å².